The number of hydrogen-bond donors (Lipinski definition) is 2. The summed E-state index contributed by atoms with van der Waals surface area (Å²) in [5.74, 6) is -0.391. The van der Waals surface area contributed by atoms with Gasteiger partial charge in [0.25, 0.3) is 0 Å². The van der Waals surface area contributed by atoms with Crippen molar-refractivity contribution in [2.24, 2.45) is 5.92 Å². The van der Waals surface area contributed by atoms with Crippen LogP contribution in [0.1, 0.15) is 19.4 Å². The first kappa shape index (κ1) is 21.4. The van der Waals surface area contributed by atoms with Gasteiger partial charge in [-0.05, 0) is 48.4 Å². The Morgan fingerprint density at radius 2 is 1.97 bits per heavy atom. The van der Waals surface area contributed by atoms with Crippen molar-refractivity contribution in [3.05, 3.63) is 47.0 Å². The van der Waals surface area contributed by atoms with Crippen LogP contribution in [0.4, 0.5) is 5.69 Å². The molecule has 3 rings (SSSR count). The molecular formula is C20H23ClN2O5S. The van der Waals surface area contributed by atoms with Crippen molar-refractivity contribution in [2.75, 3.05) is 25.0 Å². The molecule has 0 bridgehead atoms. The lowest BCUT2D eigenvalue weighted by Gasteiger charge is -2.25. The van der Waals surface area contributed by atoms with Gasteiger partial charge < -0.3 is 15.2 Å². The van der Waals surface area contributed by atoms with Crippen LogP contribution in [0.25, 0.3) is 0 Å². The van der Waals surface area contributed by atoms with Gasteiger partial charge in [0.2, 0.25) is 15.9 Å². The van der Waals surface area contributed by atoms with E-state index in [1.54, 1.807) is 32.0 Å². The van der Waals surface area contributed by atoms with E-state index >= 15 is 0 Å². The molecule has 1 unspecified atom stereocenters. The van der Waals surface area contributed by atoms with Crippen LogP contribution in [0.5, 0.6) is 11.5 Å². The molecule has 156 valence electrons. The normalized spacial score (nSPS) is 16.2. The molecule has 29 heavy (non-hydrogen) atoms. The van der Waals surface area contributed by atoms with Gasteiger partial charge in [-0.1, -0.05) is 25.4 Å². The fourth-order valence-corrected chi connectivity index (χ4v) is 4.93. The average Bonchev–Trinajstić information content (AvgIpc) is 2.69. The number of amides is 1. The number of nitrogens with one attached hydrogen (secondary N) is 1. The van der Waals surface area contributed by atoms with Crippen LogP contribution in [-0.4, -0.2) is 43.4 Å². The molecule has 0 saturated carbocycles. The minimum atomic E-state index is -3.71. The van der Waals surface area contributed by atoms with E-state index in [0.717, 1.165) is 5.56 Å². The van der Waals surface area contributed by atoms with Crippen molar-refractivity contribution in [3.8, 4) is 11.5 Å². The molecule has 1 atom stereocenters. The Bertz CT molecular complexity index is 1020. The van der Waals surface area contributed by atoms with E-state index in [1.807, 2.05) is 0 Å². The lowest BCUT2D eigenvalue weighted by Crippen LogP contribution is -2.33. The molecule has 1 aliphatic heterocycles. The number of hydrogen-bond acceptors (Lipinski definition) is 5. The summed E-state index contributed by atoms with van der Waals surface area (Å²) < 4.78 is 32.4. The van der Waals surface area contributed by atoms with Crippen molar-refractivity contribution in [2.45, 2.75) is 25.2 Å². The number of carbonyl (C=O) groups is 1. The highest BCUT2D eigenvalue weighted by molar-refractivity contribution is 7.89. The van der Waals surface area contributed by atoms with E-state index in [1.165, 1.54) is 22.5 Å². The second kappa shape index (κ2) is 8.61. The van der Waals surface area contributed by atoms with Crippen molar-refractivity contribution in [1.82, 2.24) is 4.31 Å². The lowest BCUT2D eigenvalue weighted by atomic mass is 9.96. The van der Waals surface area contributed by atoms with Gasteiger partial charge in [0.1, 0.15) is 18.1 Å². The van der Waals surface area contributed by atoms with Gasteiger partial charge in [-0.2, -0.15) is 4.31 Å². The zero-order valence-corrected chi connectivity index (χ0v) is 17.8. The Morgan fingerprint density at radius 3 is 2.66 bits per heavy atom. The fourth-order valence-electron chi connectivity index (χ4n) is 3.25. The summed E-state index contributed by atoms with van der Waals surface area (Å²) in [6.45, 7) is 4.32. The third-order valence-electron chi connectivity index (χ3n) is 4.87. The number of nitrogens with zero attached hydrogens (tertiary/aromatic N) is 1. The van der Waals surface area contributed by atoms with E-state index in [9.17, 15) is 18.3 Å². The summed E-state index contributed by atoms with van der Waals surface area (Å²) in [5.41, 5.74) is 0.867. The average molecular weight is 439 g/mol. The third-order valence-corrected chi connectivity index (χ3v) is 7.15. The van der Waals surface area contributed by atoms with Crippen LogP contribution in [0.3, 0.4) is 0 Å². The number of ether oxygens (including phenoxy) is 1. The largest absolute Gasteiger partial charge is 0.506 e. The molecule has 0 aliphatic carbocycles. The van der Waals surface area contributed by atoms with Crippen LogP contribution in [-0.2, 0) is 21.2 Å². The molecule has 1 heterocycles. The smallest absolute Gasteiger partial charge is 0.243 e. The molecule has 0 spiro atoms. The predicted molar refractivity (Wildman–Crippen MR) is 111 cm³/mol. The molecule has 2 aromatic rings. The summed E-state index contributed by atoms with van der Waals surface area (Å²) in [5, 5.41) is 13.3. The van der Waals surface area contributed by atoms with Crippen molar-refractivity contribution < 1.29 is 23.1 Å². The molecule has 0 fully saturated rings. The van der Waals surface area contributed by atoms with E-state index in [4.69, 9.17) is 16.3 Å². The van der Waals surface area contributed by atoms with Gasteiger partial charge in [0.05, 0.1) is 16.5 Å². The lowest BCUT2D eigenvalue weighted by molar-refractivity contribution is -0.121. The molecule has 2 N–H and O–H groups in total. The number of benzene rings is 2. The molecule has 9 heteroatoms. The second-order valence-corrected chi connectivity index (χ2v) is 9.10. The molecule has 0 radical (unpaired) electrons. The number of halogens is 1. The first-order valence-corrected chi connectivity index (χ1v) is 11.1. The molecule has 0 aromatic heterocycles. The Balaban J connectivity index is 1.81. The number of anilines is 1. The second-order valence-electron chi connectivity index (χ2n) is 6.72. The molecular weight excluding hydrogens is 416 g/mol. The maximum absolute atomic E-state index is 12.7. The van der Waals surface area contributed by atoms with Gasteiger partial charge in [-0.15, -0.1) is 0 Å². The van der Waals surface area contributed by atoms with Gasteiger partial charge >= 0.3 is 0 Å². The van der Waals surface area contributed by atoms with Crippen molar-refractivity contribution in [3.63, 3.8) is 0 Å². The summed E-state index contributed by atoms with van der Waals surface area (Å²) in [6.07, 6.45) is 0.430. The Hall–Kier alpha value is -2.29. The number of aromatic hydroxyl groups is 1. The number of phenolic OH excluding ortho intramolecular Hbond substituents is 1. The van der Waals surface area contributed by atoms with E-state index in [-0.39, 0.29) is 28.8 Å². The summed E-state index contributed by atoms with van der Waals surface area (Å²) in [4.78, 5) is 12.7. The monoisotopic (exact) mass is 438 g/mol. The first-order valence-electron chi connectivity index (χ1n) is 9.31. The zero-order valence-electron chi connectivity index (χ0n) is 16.2. The SMILES string of the molecule is CCN(CC)S(=O)(=O)c1ccc(O)c(NC(=O)C2COc3ccc(Cl)cc3C2)c1. The van der Waals surface area contributed by atoms with Crippen LogP contribution in [0.2, 0.25) is 5.02 Å². The standard InChI is InChI=1S/C20H23ClN2O5S/c1-3-23(4-2)29(26,27)16-6-7-18(24)17(11-16)22-20(25)14-9-13-10-15(21)5-8-19(13)28-12-14/h5-8,10-11,14,24H,3-4,9,12H2,1-2H3,(H,22,25). The quantitative estimate of drug-likeness (QED) is 0.675. The highest BCUT2D eigenvalue weighted by Gasteiger charge is 2.28. The number of fused-ring (bicyclic) bond motifs is 1. The van der Waals surface area contributed by atoms with E-state index in [2.05, 4.69) is 5.32 Å². The van der Waals surface area contributed by atoms with Crippen LogP contribution >= 0.6 is 11.6 Å². The van der Waals surface area contributed by atoms with Crippen molar-refractivity contribution >= 4 is 33.2 Å². The summed E-state index contributed by atoms with van der Waals surface area (Å²) in [6, 6.07) is 9.10. The minimum Gasteiger partial charge on any atom is -0.506 e. The number of rotatable bonds is 6. The number of carbonyl (C=O) groups excluding carboxylic acids is 1. The highest BCUT2D eigenvalue weighted by atomic mass is 35.5. The molecule has 1 aliphatic rings. The summed E-state index contributed by atoms with van der Waals surface area (Å²) in [7, 11) is -3.71. The van der Waals surface area contributed by atoms with Crippen LogP contribution in [0.15, 0.2) is 41.3 Å². The van der Waals surface area contributed by atoms with Crippen molar-refractivity contribution in [1.29, 1.82) is 0 Å². The Kier molecular flexibility index (Phi) is 6.36. The summed E-state index contributed by atoms with van der Waals surface area (Å²) >= 11 is 6.01. The number of phenols is 1. The topological polar surface area (TPSA) is 95.9 Å². The van der Waals surface area contributed by atoms with Gasteiger partial charge in [-0.25, -0.2) is 8.42 Å². The fraction of sp³-hybridized carbons (Fsp3) is 0.350. The predicted octanol–water partition coefficient (Wildman–Crippen LogP) is 3.27. The number of sulfonamides is 1. The van der Waals surface area contributed by atoms with E-state index < -0.39 is 15.9 Å². The van der Waals surface area contributed by atoms with Crippen LogP contribution in [0, 0.1) is 5.92 Å². The maximum atomic E-state index is 12.7. The minimum absolute atomic E-state index is 0.00585. The third kappa shape index (κ3) is 4.49. The van der Waals surface area contributed by atoms with Gasteiger partial charge in [-0.3, -0.25) is 4.79 Å². The van der Waals surface area contributed by atoms with Gasteiger partial charge in [0, 0.05) is 18.1 Å². The Labute approximate surface area is 175 Å². The highest BCUT2D eigenvalue weighted by Crippen LogP contribution is 2.32. The molecule has 2 aromatic carbocycles. The molecule has 7 nitrogen and oxygen atoms in total. The van der Waals surface area contributed by atoms with Crippen LogP contribution < -0.4 is 10.1 Å². The Morgan fingerprint density at radius 1 is 1.24 bits per heavy atom. The molecule has 0 saturated heterocycles. The molecule has 1 amide bonds. The maximum Gasteiger partial charge on any atom is 0.243 e. The first-order chi connectivity index (χ1) is 13.8. The van der Waals surface area contributed by atoms with Gasteiger partial charge in [0.15, 0.2) is 0 Å². The zero-order chi connectivity index (χ0) is 21.2. The van der Waals surface area contributed by atoms with E-state index in [0.29, 0.717) is 30.3 Å².